The van der Waals surface area contributed by atoms with Gasteiger partial charge in [-0.2, -0.15) is 0 Å². The van der Waals surface area contributed by atoms with Crippen molar-refractivity contribution in [3.05, 3.63) is 11.9 Å². The highest BCUT2D eigenvalue weighted by Gasteiger charge is 2.25. The van der Waals surface area contributed by atoms with Gasteiger partial charge < -0.3 is 5.32 Å². The molecule has 0 atom stereocenters. The zero-order valence-corrected chi connectivity index (χ0v) is 14.3. The van der Waals surface area contributed by atoms with Crippen LogP contribution in [0, 0.1) is 5.92 Å². The third-order valence-electron chi connectivity index (χ3n) is 4.12. The van der Waals surface area contributed by atoms with Crippen LogP contribution in [-0.4, -0.2) is 45.4 Å². The number of aromatic nitrogens is 3. The second-order valence-corrected chi connectivity index (χ2v) is 7.17. The summed E-state index contributed by atoms with van der Waals surface area (Å²) in [7, 11) is 0. The predicted molar refractivity (Wildman–Crippen MR) is 86.3 cm³/mol. The van der Waals surface area contributed by atoms with Crippen molar-refractivity contribution in [1.29, 1.82) is 0 Å². The van der Waals surface area contributed by atoms with Crippen LogP contribution in [-0.2, 0) is 16.9 Å². The van der Waals surface area contributed by atoms with Crippen molar-refractivity contribution in [2.45, 2.75) is 59.0 Å². The number of carbonyl (C=O) groups excluding carboxylic acids is 1. The van der Waals surface area contributed by atoms with Gasteiger partial charge in [-0.15, -0.1) is 5.10 Å². The molecule has 0 saturated carbocycles. The molecule has 0 aromatic carbocycles. The van der Waals surface area contributed by atoms with Gasteiger partial charge >= 0.3 is 0 Å². The van der Waals surface area contributed by atoms with Crippen LogP contribution in [0.1, 0.15) is 52.7 Å². The Balaban J connectivity index is 1.80. The summed E-state index contributed by atoms with van der Waals surface area (Å²) in [5.41, 5.74) is 0.971. The van der Waals surface area contributed by atoms with E-state index in [1.807, 2.05) is 10.9 Å². The first kappa shape index (κ1) is 16.9. The average Bonchev–Trinajstić information content (AvgIpc) is 2.94. The van der Waals surface area contributed by atoms with E-state index in [1.54, 1.807) is 0 Å². The topological polar surface area (TPSA) is 63.1 Å². The Morgan fingerprint density at radius 3 is 2.59 bits per heavy atom. The van der Waals surface area contributed by atoms with Gasteiger partial charge in [-0.05, 0) is 53.1 Å². The fourth-order valence-electron chi connectivity index (χ4n) is 2.67. The molecule has 1 fully saturated rings. The molecule has 6 heteroatoms. The molecule has 0 unspecified atom stereocenters. The number of hydrogen-bond acceptors (Lipinski definition) is 4. The van der Waals surface area contributed by atoms with Gasteiger partial charge in [0.25, 0.3) is 0 Å². The number of piperidine rings is 1. The summed E-state index contributed by atoms with van der Waals surface area (Å²) in [6.07, 6.45) is 4.89. The number of carbonyl (C=O) groups is 1. The van der Waals surface area contributed by atoms with Crippen molar-refractivity contribution in [1.82, 2.24) is 25.2 Å². The van der Waals surface area contributed by atoms with E-state index in [4.69, 9.17) is 0 Å². The summed E-state index contributed by atoms with van der Waals surface area (Å²) in [5, 5.41) is 11.5. The average molecular weight is 307 g/mol. The minimum atomic E-state index is -0.0321. The van der Waals surface area contributed by atoms with E-state index in [1.165, 1.54) is 0 Å². The largest absolute Gasteiger partial charge is 0.356 e. The Morgan fingerprint density at radius 2 is 2.05 bits per heavy atom. The molecule has 1 aromatic rings. The van der Waals surface area contributed by atoms with Crippen molar-refractivity contribution in [2.75, 3.05) is 19.6 Å². The van der Waals surface area contributed by atoms with Crippen LogP contribution in [0.3, 0.4) is 0 Å². The Morgan fingerprint density at radius 1 is 1.36 bits per heavy atom. The van der Waals surface area contributed by atoms with Crippen molar-refractivity contribution in [2.24, 2.45) is 5.92 Å². The standard InChI is InChI=1S/C16H29N5O/c1-5-8-17-15(22)13-6-9-20(10-7-13)11-14-12-21(19-18-14)16(2,3)4/h12-13H,5-11H2,1-4H3,(H,17,22). The van der Waals surface area contributed by atoms with Gasteiger partial charge in [0.05, 0.1) is 17.4 Å². The highest BCUT2D eigenvalue weighted by molar-refractivity contribution is 5.78. The van der Waals surface area contributed by atoms with Crippen LogP contribution in [0.5, 0.6) is 0 Å². The molecule has 1 aromatic heterocycles. The summed E-state index contributed by atoms with van der Waals surface area (Å²) in [4.78, 5) is 14.3. The quantitative estimate of drug-likeness (QED) is 0.900. The molecule has 0 radical (unpaired) electrons. The first-order valence-corrected chi connectivity index (χ1v) is 8.32. The number of rotatable bonds is 5. The molecule has 22 heavy (non-hydrogen) atoms. The second kappa shape index (κ2) is 7.22. The molecule has 0 aliphatic carbocycles. The molecule has 1 amide bonds. The molecular formula is C16H29N5O. The van der Waals surface area contributed by atoms with Gasteiger partial charge in [-0.25, -0.2) is 4.68 Å². The fourth-order valence-corrected chi connectivity index (χ4v) is 2.67. The number of amides is 1. The fraction of sp³-hybridized carbons (Fsp3) is 0.812. The smallest absolute Gasteiger partial charge is 0.223 e. The van der Waals surface area contributed by atoms with E-state index >= 15 is 0 Å². The van der Waals surface area contributed by atoms with E-state index < -0.39 is 0 Å². The molecule has 1 aliphatic heterocycles. The monoisotopic (exact) mass is 307 g/mol. The van der Waals surface area contributed by atoms with E-state index in [0.29, 0.717) is 0 Å². The van der Waals surface area contributed by atoms with Crippen LogP contribution in [0.4, 0.5) is 0 Å². The first-order chi connectivity index (χ1) is 10.4. The lowest BCUT2D eigenvalue weighted by Gasteiger charge is -2.30. The van der Waals surface area contributed by atoms with Gasteiger partial charge in [0.1, 0.15) is 0 Å². The molecule has 0 spiro atoms. The highest BCUT2D eigenvalue weighted by atomic mass is 16.1. The Bertz CT molecular complexity index is 483. The normalized spacial score (nSPS) is 17.6. The summed E-state index contributed by atoms with van der Waals surface area (Å²) < 4.78 is 1.91. The van der Waals surface area contributed by atoms with Crippen molar-refractivity contribution in [3.63, 3.8) is 0 Å². The van der Waals surface area contributed by atoms with E-state index in [0.717, 1.165) is 51.1 Å². The molecule has 6 nitrogen and oxygen atoms in total. The molecule has 1 saturated heterocycles. The highest BCUT2D eigenvalue weighted by Crippen LogP contribution is 2.19. The number of hydrogen-bond donors (Lipinski definition) is 1. The van der Waals surface area contributed by atoms with Crippen LogP contribution >= 0.6 is 0 Å². The van der Waals surface area contributed by atoms with Crippen molar-refractivity contribution >= 4 is 5.91 Å². The molecule has 1 N–H and O–H groups in total. The minimum absolute atomic E-state index is 0.0321. The van der Waals surface area contributed by atoms with Gasteiger partial charge in [-0.3, -0.25) is 9.69 Å². The first-order valence-electron chi connectivity index (χ1n) is 8.32. The van der Waals surface area contributed by atoms with Gasteiger partial charge in [0, 0.05) is 19.0 Å². The van der Waals surface area contributed by atoms with E-state index in [2.05, 4.69) is 48.2 Å². The van der Waals surface area contributed by atoms with E-state index in [-0.39, 0.29) is 17.4 Å². The maximum Gasteiger partial charge on any atom is 0.223 e. The third kappa shape index (κ3) is 4.53. The maximum absolute atomic E-state index is 12.0. The van der Waals surface area contributed by atoms with Gasteiger partial charge in [0.15, 0.2) is 0 Å². The van der Waals surface area contributed by atoms with Crippen LogP contribution in [0.2, 0.25) is 0 Å². The molecule has 1 aliphatic rings. The Labute approximate surface area is 133 Å². The Kier molecular flexibility index (Phi) is 5.56. The summed E-state index contributed by atoms with van der Waals surface area (Å²) in [5.74, 6) is 0.397. The number of nitrogens with zero attached hydrogens (tertiary/aromatic N) is 4. The van der Waals surface area contributed by atoms with Crippen molar-refractivity contribution in [3.8, 4) is 0 Å². The third-order valence-corrected chi connectivity index (χ3v) is 4.12. The number of nitrogens with one attached hydrogen (secondary N) is 1. The lowest BCUT2D eigenvalue weighted by atomic mass is 9.96. The molecular weight excluding hydrogens is 278 g/mol. The SMILES string of the molecule is CCCNC(=O)C1CCN(Cc2cn(C(C)(C)C)nn2)CC1. The minimum Gasteiger partial charge on any atom is -0.356 e. The van der Waals surface area contributed by atoms with Gasteiger partial charge in [0.2, 0.25) is 5.91 Å². The van der Waals surface area contributed by atoms with Crippen LogP contribution in [0.15, 0.2) is 6.20 Å². The predicted octanol–water partition coefficient (Wildman–Crippen LogP) is 1.77. The summed E-state index contributed by atoms with van der Waals surface area (Å²) in [6.45, 7) is 11.9. The lowest BCUT2D eigenvalue weighted by Crippen LogP contribution is -2.40. The molecule has 2 heterocycles. The van der Waals surface area contributed by atoms with Crippen LogP contribution < -0.4 is 5.32 Å². The molecule has 2 rings (SSSR count). The number of likely N-dealkylation sites (tertiary alicyclic amines) is 1. The molecule has 124 valence electrons. The maximum atomic E-state index is 12.0. The lowest BCUT2D eigenvalue weighted by molar-refractivity contribution is -0.126. The zero-order valence-electron chi connectivity index (χ0n) is 14.3. The Hall–Kier alpha value is -1.43. The second-order valence-electron chi connectivity index (χ2n) is 7.17. The van der Waals surface area contributed by atoms with Crippen molar-refractivity contribution < 1.29 is 4.79 Å². The summed E-state index contributed by atoms with van der Waals surface area (Å²) in [6, 6.07) is 0. The summed E-state index contributed by atoms with van der Waals surface area (Å²) >= 11 is 0. The van der Waals surface area contributed by atoms with E-state index in [9.17, 15) is 4.79 Å². The molecule has 0 bridgehead atoms. The van der Waals surface area contributed by atoms with Gasteiger partial charge in [-0.1, -0.05) is 12.1 Å². The zero-order chi connectivity index (χ0) is 16.2. The van der Waals surface area contributed by atoms with Crippen LogP contribution in [0.25, 0.3) is 0 Å².